The molecule has 1 fully saturated rings. The Balaban J connectivity index is 1.97. The van der Waals surface area contributed by atoms with Crippen LogP contribution in [0.4, 0.5) is 0 Å². The standard InChI is InChI=1S/C12H19ClN2S/c1-15(8-9-3-2-4-9)10(7-14)11-5-6-12(13)16-11/h5-6,9-10H,2-4,7-8,14H2,1H3. The fourth-order valence-electron chi connectivity index (χ4n) is 2.23. The van der Waals surface area contributed by atoms with E-state index in [0.717, 1.165) is 16.8 Å². The van der Waals surface area contributed by atoms with Crippen LogP contribution in [0.1, 0.15) is 30.2 Å². The Labute approximate surface area is 106 Å². The molecule has 0 amide bonds. The lowest BCUT2D eigenvalue weighted by Gasteiger charge is -2.34. The fourth-order valence-corrected chi connectivity index (χ4v) is 3.47. The van der Waals surface area contributed by atoms with Crippen molar-refractivity contribution < 1.29 is 0 Å². The summed E-state index contributed by atoms with van der Waals surface area (Å²) >= 11 is 7.61. The van der Waals surface area contributed by atoms with Crippen LogP contribution in [0.15, 0.2) is 12.1 Å². The molecule has 2 nitrogen and oxygen atoms in total. The van der Waals surface area contributed by atoms with Crippen LogP contribution in [0.25, 0.3) is 0 Å². The molecule has 1 aliphatic rings. The van der Waals surface area contributed by atoms with Crippen molar-refractivity contribution in [2.75, 3.05) is 20.1 Å². The van der Waals surface area contributed by atoms with Crippen LogP contribution < -0.4 is 5.73 Å². The van der Waals surface area contributed by atoms with Crippen LogP contribution in [0.5, 0.6) is 0 Å². The third-order valence-electron chi connectivity index (χ3n) is 3.45. The van der Waals surface area contributed by atoms with Crippen molar-refractivity contribution in [1.29, 1.82) is 0 Å². The Morgan fingerprint density at radius 1 is 1.56 bits per heavy atom. The highest BCUT2D eigenvalue weighted by atomic mass is 35.5. The maximum atomic E-state index is 5.97. The van der Waals surface area contributed by atoms with E-state index in [0.29, 0.717) is 12.6 Å². The number of hydrogen-bond donors (Lipinski definition) is 1. The fraction of sp³-hybridized carbons (Fsp3) is 0.667. The number of halogens is 1. The van der Waals surface area contributed by atoms with Crippen molar-refractivity contribution >= 4 is 22.9 Å². The molecule has 0 saturated heterocycles. The first-order valence-electron chi connectivity index (χ1n) is 5.86. The van der Waals surface area contributed by atoms with Crippen molar-refractivity contribution in [1.82, 2.24) is 4.90 Å². The number of likely N-dealkylation sites (N-methyl/N-ethyl adjacent to an activating group) is 1. The van der Waals surface area contributed by atoms with Crippen molar-refractivity contribution in [3.63, 3.8) is 0 Å². The second-order valence-corrected chi connectivity index (χ2v) is 6.38. The zero-order valence-electron chi connectivity index (χ0n) is 9.66. The minimum atomic E-state index is 0.332. The van der Waals surface area contributed by atoms with Crippen LogP contribution in [-0.2, 0) is 0 Å². The van der Waals surface area contributed by atoms with Gasteiger partial charge in [0.1, 0.15) is 0 Å². The third kappa shape index (κ3) is 2.77. The summed E-state index contributed by atoms with van der Waals surface area (Å²) in [6, 6.07) is 4.39. The van der Waals surface area contributed by atoms with Gasteiger partial charge in [0.05, 0.1) is 10.4 Å². The molecule has 1 heterocycles. The number of nitrogens with two attached hydrogens (primary N) is 1. The summed E-state index contributed by atoms with van der Waals surface area (Å²) < 4.78 is 0.852. The van der Waals surface area contributed by atoms with Gasteiger partial charge in [-0.3, -0.25) is 4.90 Å². The van der Waals surface area contributed by atoms with Crippen molar-refractivity contribution in [3.8, 4) is 0 Å². The molecule has 16 heavy (non-hydrogen) atoms. The molecule has 2 rings (SSSR count). The van der Waals surface area contributed by atoms with Crippen molar-refractivity contribution in [3.05, 3.63) is 21.3 Å². The van der Waals surface area contributed by atoms with Crippen LogP contribution in [0.2, 0.25) is 4.34 Å². The Bertz CT molecular complexity index is 336. The third-order valence-corrected chi connectivity index (χ3v) is 4.78. The number of thiophene rings is 1. The molecule has 2 N–H and O–H groups in total. The van der Waals surface area contributed by atoms with E-state index in [2.05, 4.69) is 18.0 Å². The molecule has 0 spiro atoms. The van der Waals surface area contributed by atoms with Gasteiger partial charge in [-0.1, -0.05) is 18.0 Å². The molecule has 0 aliphatic heterocycles. The topological polar surface area (TPSA) is 29.3 Å². The highest BCUT2D eigenvalue weighted by Crippen LogP contribution is 2.32. The molecule has 4 heteroatoms. The van der Waals surface area contributed by atoms with E-state index >= 15 is 0 Å². The molecule has 0 radical (unpaired) electrons. The lowest BCUT2D eigenvalue weighted by Crippen LogP contribution is -2.35. The van der Waals surface area contributed by atoms with Gasteiger partial charge in [0.2, 0.25) is 0 Å². The number of hydrogen-bond acceptors (Lipinski definition) is 3. The summed E-state index contributed by atoms with van der Waals surface area (Å²) in [6.07, 6.45) is 4.16. The molecule has 1 aromatic rings. The molecular formula is C12H19ClN2S. The van der Waals surface area contributed by atoms with Gasteiger partial charge in [0, 0.05) is 18.0 Å². The van der Waals surface area contributed by atoms with Crippen LogP contribution in [0.3, 0.4) is 0 Å². The van der Waals surface area contributed by atoms with E-state index in [-0.39, 0.29) is 0 Å². The first-order valence-corrected chi connectivity index (χ1v) is 7.05. The van der Waals surface area contributed by atoms with E-state index in [4.69, 9.17) is 17.3 Å². The second kappa shape index (κ2) is 5.50. The Morgan fingerprint density at radius 3 is 2.75 bits per heavy atom. The zero-order valence-corrected chi connectivity index (χ0v) is 11.2. The molecule has 0 aromatic carbocycles. The van der Waals surface area contributed by atoms with Gasteiger partial charge in [0.25, 0.3) is 0 Å². The molecule has 1 saturated carbocycles. The van der Waals surface area contributed by atoms with Gasteiger partial charge >= 0.3 is 0 Å². The quantitative estimate of drug-likeness (QED) is 0.879. The second-order valence-electron chi connectivity index (χ2n) is 4.63. The molecular weight excluding hydrogens is 240 g/mol. The van der Waals surface area contributed by atoms with Gasteiger partial charge in [-0.25, -0.2) is 0 Å². The van der Waals surface area contributed by atoms with E-state index in [1.54, 1.807) is 11.3 Å². The molecule has 1 unspecified atom stereocenters. The summed E-state index contributed by atoms with van der Waals surface area (Å²) in [7, 11) is 2.17. The van der Waals surface area contributed by atoms with Gasteiger partial charge in [-0.2, -0.15) is 0 Å². The maximum Gasteiger partial charge on any atom is 0.0931 e. The van der Waals surface area contributed by atoms with Crippen LogP contribution in [0, 0.1) is 5.92 Å². The van der Waals surface area contributed by atoms with E-state index in [9.17, 15) is 0 Å². The Hall–Kier alpha value is -0.0900. The molecule has 1 atom stereocenters. The first-order chi connectivity index (χ1) is 7.70. The largest absolute Gasteiger partial charge is 0.329 e. The molecule has 1 aliphatic carbocycles. The summed E-state index contributed by atoms with van der Waals surface area (Å²) in [6.45, 7) is 1.83. The summed E-state index contributed by atoms with van der Waals surface area (Å²) in [4.78, 5) is 3.67. The lowest BCUT2D eigenvalue weighted by atomic mass is 9.85. The van der Waals surface area contributed by atoms with Gasteiger partial charge < -0.3 is 5.73 Å². The van der Waals surface area contributed by atoms with Crippen LogP contribution in [-0.4, -0.2) is 25.0 Å². The molecule has 1 aromatic heterocycles. The number of rotatable bonds is 5. The van der Waals surface area contributed by atoms with Gasteiger partial charge in [-0.05, 0) is 37.9 Å². The normalized spacial score (nSPS) is 18.8. The first kappa shape index (κ1) is 12.4. The summed E-state index contributed by atoms with van der Waals surface area (Å²) in [5.74, 6) is 0.884. The SMILES string of the molecule is CN(CC1CCC1)C(CN)c1ccc(Cl)s1. The highest BCUT2D eigenvalue weighted by Gasteiger charge is 2.24. The average molecular weight is 259 g/mol. The highest BCUT2D eigenvalue weighted by molar-refractivity contribution is 7.16. The predicted octanol–water partition coefficient (Wildman–Crippen LogP) is 3.13. The smallest absolute Gasteiger partial charge is 0.0931 e. The van der Waals surface area contributed by atoms with Crippen LogP contribution >= 0.6 is 22.9 Å². The minimum absolute atomic E-state index is 0.332. The number of nitrogens with zero attached hydrogens (tertiary/aromatic N) is 1. The monoisotopic (exact) mass is 258 g/mol. The maximum absolute atomic E-state index is 5.97. The Morgan fingerprint density at radius 2 is 2.31 bits per heavy atom. The van der Waals surface area contributed by atoms with Crippen molar-refractivity contribution in [2.24, 2.45) is 11.7 Å². The Kier molecular flexibility index (Phi) is 4.25. The molecule has 0 bridgehead atoms. The van der Waals surface area contributed by atoms with Crippen molar-refractivity contribution in [2.45, 2.75) is 25.3 Å². The lowest BCUT2D eigenvalue weighted by molar-refractivity contribution is 0.166. The van der Waals surface area contributed by atoms with E-state index < -0.39 is 0 Å². The van der Waals surface area contributed by atoms with E-state index in [1.807, 2.05) is 6.07 Å². The van der Waals surface area contributed by atoms with Gasteiger partial charge in [0.15, 0.2) is 0 Å². The zero-order chi connectivity index (χ0) is 11.5. The molecule has 90 valence electrons. The van der Waals surface area contributed by atoms with E-state index in [1.165, 1.54) is 24.1 Å². The summed E-state index contributed by atoms with van der Waals surface area (Å²) in [5, 5.41) is 0. The van der Waals surface area contributed by atoms with Gasteiger partial charge in [-0.15, -0.1) is 11.3 Å². The summed E-state index contributed by atoms with van der Waals surface area (Å²) in [5.41, 5.74) is 5.87. The minimum Gasteiger partial charge on any atom is -0.329 e. The average Bonchev–Trinajstić information content (AvgIpc) is 2.60. The predicted molar refractivity (Wildman–Crippen MR) is 71.1 cm³/mol.